The van der Waals surface area contributed by atoms with Crippen molar-refractivity contribution in [2.45, 2.75) is 46.1 Å². The van der Waals surface area contributed by atoms with E-state index >= 15 is 0 Å². The summed E-state index contributed by atoms with van der Waals surface area (Å²) in [7, 11) is 0. The largest absolute Gasteiger partial charge is 0.372 e. The molecule has 0 saturated carbocycles. The van der Waals surface area contributed by atoms with Crippen molar-refractivity contribution < 1.29 is 4.79 Å². The van der Waals surface area contributed by atoms with E-state index in [0.29, 0.717) is 6.54 Å². The molecule has 144 valence electrons. The Morgan fingerprint density at radius 3 is 2.15 bits per heavy atom. The van der Waals surface area contributed by atoms with E-state index in [-0.39, 0.29) is 5.91 Å². The van der Waals surface area contributed by atoms with Gasteiger partial charge in [-0.15, -0.1) is 0 Å². The number of amides is 1. The maximum absolute atomic E-state index is 11.0. The van der Waals surface area contributed by atoms with Gasteiger partial charge in [0.15, 0.2) is 0 Å². The zero-order valence-corrected chi connectivity index (χ0v) is 16.5. The van der Waals surface area contributed by atoms with Gasteiger partial charge in [-0.05, 0) is 60.7 Å². The van der Waals surface area contributed by atoms with Crippen LogP contribution in [0.1, 0.15) is 45.1 Å². The molecule has 2 N–H and O–H groups in total. The molecule has 27 heavy (non-hydrogen) atoms. The standard InChI is InChI=1S/C23H31N3O/c1-3-4-19-13-15-26(16-14-19)23-11-9-22(10-12-23)25-21-7-5-20(6-8-21)17-24-18(2)27/h5-12,19,25H,3-4,13-17H2,1-2H3,(H,24,27). The number of nitrogens with one attached hydrogen (secondary N) is 2. The second-order valence-electron chi connectivity index (χ2n) is 7.50. The Morgan fingerprint density at radius 1 is 1.00 bits per heavy atom. The summed E-state index contributed by atoms with van der Waals surface area (Å²) in [5, 5.41) is 6.26. The van der Waals surface area contributed by atoms with Gasteiger partial charge in [0, 0.05) is 43.6 Å². The van der Waals surface area contributed by atoms with Crippen LogP contribution in [0.25, 0.3) is 0 Å². The van der Waals surface area contributed by atoms with Crippen LogP contribution in [0.3, 0.4) is 0 Å². The molecule has 1 saturated heterocycles. The third kappa shape index (κ3) is 5.75. The van der Waals surface area contributed by atoms with E-state index in [1.54, 1.807) is 0 Å². The van der Waals surface area contributed by atoms with Crippen LogP contribution in [0.2, 0.25) is 0 Å². The number of carbonyl (C=O) groups is 1. The Hall–Kier alpha value is -2.49. The normalized spacial score (nSPS) is 14.8. The Labute approximate surface area is 163 Å². The number of piperidine rings is 1. The highest BCUT2D eigenvalue weighted by Gasteiger charge is 2.18. The van der Waals surface area contributed by atoms with Crippen molar-refractivity contribution in [2.75, 3.05) is 23.3 Å². The van der Waals surface area contributed by atoms with Gasteiger partial charge in [-0.25, -0.2) is 0 Å². The first-order valence-electron chi connectivity index (χ1n) is 10.1. The molecule has 0 radical (unpaired) electrons. The quantitative estimate of drug-likeness (QED) is 0.719. The van der Waals surface area contributed by atoms with Crippen LogP contribution in [0.5, 0.6) is 0 Å². The summed E-state index contributed by atoms with van der Waals surface area (Å²) in [6.45, 7) is 6.74. The van der Waals surface area contributed by atoms with Crippen molar-refractivity contribution in [2.24, 2.45) is 5.92 Å². The zero-order chi connectivity index (χ0) is 19.1. The number of anilines is 3. The van der Waals surface area contributed by atoms with Crippen molar-refractivity contribution in [3.63, 3.8) is 0 Å². The Balaban J connectivity index is 1.52. The van der Waals surface area contributed by atoms with E-state index in [2.05, 4.69) is 46.7 Å². The minimum absolute atomic E-state index is 0.00752. The van der Waals surface area contributed by atoms with Gasteiger partial charge in [-0.2, -0.15) is 0 Å². The van der Waals surface area contributed by atoms with Crippen molar-refractivity contribution in [3.8, 4) is 0 Å². The Kier molecular flexibility index (Phi) is 6.74. The van der Waals surface area contributed by atoms with Crippen LogP contribution in [-0.2, 0) is 11.3 Å². The van der Waals surface area contributed by atoms with Gasteiger partial charge in [0.2, 0.25) is 5.91 Å². The monoisotopic (exact) mass is 365 g/mol. The predicted molar refractivity (Wildman–Crippen MR) is 114 cm³/mol. The lowest BCUT2D eigenvalue weighted by Gasteiger charge is -2.33. The molecule has 0 aromatic heterocycles. The average Bonchev–Trinajstić information content (AvgIpc) is 2.69. The van der Waals surface area contributed by atoms with Crippen LogP contribution in [0.4, 0.5) is 17.1 Å². The van der Waals surface area contributed by atoms with Crippen molar-refractivity contribution in [1.29, 1.82) is 0 Å². The fourth-order valence-electron chi connectivity index (χ4n) is 3.74. The van der Waals surface area contributed by atoms with Gasteiger partial charge in [0.05, 0.1) is 0 Å². The third-order valence-corrected chi connectivity index (χ3v) is 5.33. The van der Waals surface area contributed by atoms with Crippen molar-refractivity contribution in [3.05, 3.63) is 54.1 Å². The average molecular weight is 366 g/mol. The maximum Gasteiger partial charge on any atom is 0.217 e. The fourth-order valence-corrected chi connectivity index (χ4v) is 3.74. The fraction of sp³-hybridized carbons (Fsp3) is 0.435. The summed E-state index contributed by atoms with van der Waals surface area (Å²) in [5.41, 5.74) is 4.56. The molecule has 1 fully saturated rings. The van der Waals surface area contributed by atoms with E-state index in [1.165, 1.54) is 51.4 Å². The van der Waals surface area contributed by atoms with Crippen LogP contribution in [0, 0.1) is 5.92 Å². The van der Waals surface area contributed by atoms with Gasteiger partial charge in [0.25, 0.3) is 0 Å². The first kappa shape index (κ1) is 19.3. The minimum Gasteiger partial charge on any atom is -0.372 e. The molecule has 2 aromatic rings. The molecule has 0 bridgehead atoms. The summed E-state index contributed by atoms with van der Waals surface area (Å²) >= 11 is 0. The lowest BCUT2D eigenvalue weighted by Crippen LogP contribution is -2.33. The molecule has 4 nitrogen and oxygen atoms in total. The van der Waals surface area contributed by atoms with Crippen molar-refractivity contribution in [1.82, 2.24) is 5.32 Å². The van der Waals surface area contributed by atoms with E-state index in [0.717, 1.165) is 22.9 Å². The van der Waals surface area contributed by atoms with Gasteiger partial charge in [0.1, 0.15) is 0 Å². The Morgan fingerprint density at radius 2 is 1.59 bits per heavy atom. The van der Waals surface area contributed by atoms with Gasteiger partial charge >= 0.3 is 0 Å². The summed E-state index contributed by atoms with van der Waals surface area (Å²) in [6.07, 6.45) is 5.32. The highest BCUT2D eigenvalue weighted by Crippen LogP contribution is 2.27. The van der Waals surface area contributed by atoms with Gasteiger partial charge < -0.3 is 15.5 Å². The number of benzene rings is 2. The number of hydrogen-bond donors (Lipinski definition) is 2. The van der Waals surface area contributed by atoms with Crippen LogP contribution < -0.4 is 15.5 Å². The molecular formula is C23H31N3O. The first-order chi connectivity index (χ1) is 13.1. The first-order valence-corrected chi connectivity index (χ1v) is 10.1. The van der Waals surface area contributed by atoms with Crippen LogP contribution >= 0.6 is 0 Å². The molecule has 3 rings (SSSR count). The van der Waals surface area contributed by atoms with E-state index < -0.39 is 0 Å². The molecule has 4 heteroatoms. The SMILES string of the molecule is CCCC1CCN(c2ccc(Nc3ccc(CNC(C)=O)cc3)cc2)CC1. The molecule has 1 amide bonds. The molecular weight excluding hydrogens is 334 g/mol. The number of nitrogens with zero attached hydrogens (tertiary/aromatic N) is 1. The lowest BCUT2D eigenvalue weighted by atomic mass is 9.92. The lowest BCUT2D eigenvalue weighted by molar-refractivity contribution is -0.119. The predicted octanol–water partition coefficient (Wildman–Crippen LogP) is 5.08. The molecule has 2 aromatic carbocycles. The minimum atomic E-state index is -0.00752. The molecule has 0 unspecified atom stereocenters. The Bertz CT molecular complexity index is 716. The highest BCUT2D eigenvalue weighted by molar-refractivity contribution is 5.72. The summed E-state index contributed by atoms with van der Waals surface area (Å²) < 4.78 is 0. The number of carbonyl (C=O) groups excluding carboxylic acids is 1. The summed E-state index contributed by atoms with van der Waals surface area (Å²) in [4.78, 5) is 13.5. The molecule has 1 aliphatic rings. The van der Waals surface area contributed by atoms with Crippen LogP contribution in [0.15, 0.2) is 48.5 Å². The second-order valence-corrected chi connectivity index (χ2v) is 7.50. The zero-order valence-electron chi connectivity index (χ0n) is 16.5. The van der Waals surface area contributed by atoms with Gasteiger partial charge in [-0.1, -0.05) is 31.9 Å². The topological polar surface area (TPSA) is 44.4 Å². The summed E-state index contributed by atoms with van der Waals surface area (Å²) in [6, 6.07) is 16.9. The highest BCUT2D eigenvalue weighted by atomic mass is 16.1. The molecule has 0 spiro atoms. The van der Waals surface area contributed by atoms with Crippen molar-refractivity contribution >= 4 is 23.0 Å². The molecule has 1 heterocycles. The number of hydrogen-bond acceptors (Lipinski definition) is 3. The number of rotatable bonds is 7. The van der Waals surface area contributed by atoms with E-state index in [1.807, 2.05) is 24.3 Å². The molecule has 0 atom stereocenters. The van der Waals surface area contributed by atoms with Crippen LogP contribution in [-0.4, -0.2) is 19.0 Å². The third-order valence-electron chi connectivity index (χ3n) is 5.33. The van der Waals surface area contributed by atoms with E-state index in [4.69, 9.17) is 0 Å². The summed E-state index contributed by atoms with van der Waals surface area (Å²) in [5.74, 6) is 0.910. The maximum atomic E-state index is 11.0. The molecule has 0 aliphatic carbocycles. The second kappa shape index (κ2) is 9.45. The van der Waals surface area contributed by atoms with Gasteiger partial charge in [-0.3, -0.25) is 4.79 Å². The van der Waals surface area contributed by atoms with E-state index in [9.17, 15) is 4.79 Å². The smallest absolute Gasteiger partial charge is 0.217 e. The molecule has 1 aliphatic heterocycles.